The zero-order valence-electron chi connectivity index (χ0n) is 11.8. The Labute approximate surface area is 123 Å². The van der Waals surface area contributed by atoms with Crippen LogP contribution in [0.1, 0.15) is 10.4 Å². The quantitative estimate of drug-likeness (QED) is 0.485. The average Bonchev–Trinajstić information content (AvgIpc) is 2.53. The number of nitrogens with two attached hydrogens (primary N) is 1. The van der Waals surface area contributed by atoms with E-state index in [-0.39, 0.29) is 0 Å². The number of ether oxygens (including phenoxy) is 2. The standard InChI is InChI=1S/C16H18N2O3/c1-20-16(19)13-8-5-9-14(15(13)17)18-10-11-21-12-6-3-2-4-7-12/h2-9,18H,10-11,17H2,1H3. The summed E-state index contributed by atoms with van der Waals surface area (Å²) in [6.45, 7) is 1.07. The number of nitrogen functional groups attached to an aromatic ring is 1. The topological polar surface area (TPSA) is 73.6 Å². The molecular weight excluding hydrogens is 268 g/mol. The molecule has 0 atom stereocenters. The molecule has 110 valence electrons. The van der Waals surface area contributed by atoms with Gasteiger partial charge in [-0.15, -0.1) is 0 Å². The summed E-state index contributed by atoms with van der Waals surface area (Å²) in [7, 11) is 1.33. The molecule has 0 heterocycles. The van der Waals surface area contributed by atoms with E-state index >= 15 is 0 Å². The predicted molar refractivity (Wildman–Crippen MR) is 82.6 cm³/mol. The van der Waals surface area contributed by atoms with Gasteiger partial charge in [0.25, 0.3) is 0 Å². The van der Waals surface area contributed by atoms with Crippen LogP contribution in [0.3, 0.4) is 0 Å². The van der Waals surface area contributed by atoms with Crippen LogP contribution in [0.15, 0.2) is 48.5 Å². The summed E-state index contributed by atoms with van der Waals surface area (Å²) >= 11 is 0. The Bertz CT molecular complexity index is 600. The first kappa shape index (κ1) is 14.7. The van der Waals surface area contributed by atoms with Crippen molar-refractivity contribution in [2.45, 2.75) is 0 Å². The van der Waals surface area contributed by atoms with Crippen LogP contribution < -0.4 is 15.8 Å². The Kier molecular flexibility index (Phi) is 5.04. The summed E-state index contributed by atoms with van der Waals surface area (Å²) in [6.07, 6.45) is 0. The van der Waals surface area contributed by atoms with Crippen LogP contribution in [0.5, 0.6) is 5.75 Å². The molecule has 2 aromatic carbocycles. The van der Waals surface area contributed by atoms with E-state index in [1.807, 2.05) is 36.4 Å². The van der Waals surface area contributed by atoms with Gasteiger partial charge in [0.1, 0.15) is 12.4 Å². The number of nitrogens with one attached hydrogen (secondary N) is 1. The number of rotatable bonds is 6. The second-order valence-corrected chi connectivity index (χ2v) is 4.35. The van der Waals surface area contributed by atoms with Crippen LogP contribution in [0, 0.1) is 0 Å². The maximum Gasteiger partial charge on any atom is 0.340 e. The van der Waals surface area contributed by atoms with Gasteiger partial charge in [-0.05, 0) is 24.3 Å². The highest BCUT2D eigenvalue weighted by Gasteiger charge is 2.12. The van der Waals surface area contributed by atoms with Crippen molar-refractivity contribution in [1.82, 2.24) is 0 Å². The van der Waals surface area contributed by atoms with Gasteiger partial charge < -0.3 is 20.5 Å². The monoisotopic (exact) mass is 286 g/mol. The zero-order chi connectivity index (χ0) is 15.1. The lowest BCUT2D eigenvalue weighted by Crippen LogP contribution is -2.14. The summed E-state index contributed by atoms with van der Waals surface area (Å²) < 4.78 is 10.3. The van der Waals surface area contributed by atoms with E-state index in [9.17, 15) is 4.79 Å². The Hall–Kier alpha value is -2.69. The zero-order valence-corrected chi connectivity index (χ0v) is 11.8. The normalized spacial score (nSPS) is 9.95. The van der Waals surface area contributed by atoms with E-state index in [0.29, 0.717) is 30.1 Å². The minimum atomic E-state index is -0.448. The number of anilines is 2. The average molecular weight is 286 g/mol. The molecule has 2 rings (SSSR count). The highest BCUT2D eigenvalue weighted by Crippen LogP contribution is 2.23. The molecule has 0 fully saturated rings. The Balaban J connectivity index is 1.90. The highest BCUT2D eigenvalue weighted by molar-refractivity contribution is 5.98. The third kappa shape index (κ3) is 3.89. The molecule has 5 heteroatoms. The lowest BCUT2D eigenvalue weighted by molar-refractivity contribution is 0.0602. The first-order valence-electron chi connectivity index (χ1n) is 6.61. The lowest BCUT2D eigenvalue weighted by atomic mass is 10.1. The highest BCUT2D eigenvalue weighted by atomic mass is 16.5. The summed E-state index contributed by atoms with van der Waals surface area (Å²) in [4.78, 5) is 11.5. The van der Waals surface area contributed by atoms with Crippen molar-refractivity contribution in [1.29, 1.82) is 0 Å². The van der Waals surface area contributed by atoms with Crippen molar-refractivity contribution in [3.05, 3.63) is 54.1 Å². The van der Waals surface area contributed by atoms with Crippen LogP contribution in [-0.4, -0.2) is 26.2 Å². The molecule has 0 aliphatic rings. The maximum atomic E-state index is 11.5. The summed E-state index contributed by atoms with van der Waals surface area (Å²) in [6, 6.07) is 14.8. The molecule has 2 aromatic rings. The second-order valence-electron chi connectivity index (χ2n) is 4.35. The van der Waals surface area contributed by atoms with Crippen LogP contribution in [0.25, 0.3) is 0 Å². The van der Waals surface area contributed by atoms with Crippen molar-refractivity contribution in [3.63, 3.8) is 0 Å². The number of carbonyl (C=O) groups is 1. The molecule has 0 bridgehead atoms. The smallest absolute Gasteiger partial charge is 0.340 e. The summed E-state index contributed by atoms with van der Waals surface area (Å²) in [5.74, 6) is 0.368. The third-order valence-corrected chi connectivity index (χ3v) is 2.94. The number of carbonyl (C=O) groups excluding carboxylic acids is 1. The molecule has 0 amide bonds. The van der Waals surface area contributed by atoms with Crippen molar-refractivity contribution < 1.29 is 14.3 Å². The van der Waals surface area contributed by atoms with Gasteiger partial charge in [0, 0.05) is 6.54 Å². The molecule has 0 aromatic heterocycles. The van der Waals surface area contributed by atoms with Crippen molar-refractivity contribution in [2.75, 3.05) is 31.3 Å². The van der Waals surface area contributed by atoms with Gasteiger partial charge in [-0.25, -0.2) is 4.79 Å². The minimum Gasteiger partial charge on any atom is -0.492 e. The SMILES string of the molecule is COC(=O)c1cccc(NCCOc2ccccc2)c1N. The number of benzene rings is 2. The number of esters is 1. The van der Waals surface area contributed by atoms with Gasteiger partial charge in [-0.3, -0.25) is 0 Å². The van der Waals surface area contributed by atoms with Gasteiger partial charge >= 0.3 is 5.97 Å². The van der Waals surface area contributed by atoms with E-state index in [0.717, 1.165) is 5.75 Å². The number of hydrogen-bond acceptors (Lipinski definition) is 5. The van der Waals surface area contributed by atoms with Gasteiger partial charge in [0.15, 0.2) is 0 Å². The molecule has 0 radical (unpaired) electrons. The fourth-order valence-corrected chi connectivity index (χ4v) is 1.88. The number of para-hydroxylation sites is 2. The minimum absolute atomic E-state index is 0.353. The number of methoxy groups -OCH3 is 1. The molecule has 0 saturated heterocycles. The van der Waals surface area contributed by atoms with Crippen LogP contribution in [-0.2, 0) is 4.74 Å². The van der Waals surface area contributed by atoms with Crippen LogP contribution >= 0.6 is 0 Å². The Morgan fingerprint density at radius 2 is 1.90 bits per heavy atom. The van der Waals surface area contributed by atoms with E-state index in [1.165, 1.54) is 7.11 Å². The molecule has 0 spiro atoms. The first-order chi connectivity index (χ1) is 10.2. The van der Waals surface area contributed by atoms with Gasteiger partial charge in [0.05, 0.1) is 24.0 Å². The van der Waals surface area contributed by atoms with Crippen molar-refractivity contribution in [3.8, 4) is 5.75 Å². The summed E-state index contributed by atoms with van der Waals surface area (Å²) in [5, 5.41) is 3.14. The Morgan fingerprint density at radius 3 is 2.62 bits per heavy atom. The predicted octanol–water partition coefficient (Wildman–Crippen LogP) is 2.55. The van der Waals surface area contributed by atoms with Gasteiger partial charge in [-0.1, -0.05) is 24.3 Å². The van der Waals surface area contributed by atoms with Crippen molar-refractivity contribution >= 4 is 17.3 Å². The molecule has 0 unspecified atom stereocenters. The first-order valence-corrected chi connectivity index (χ1v) is 6.61. The molecular formula is C16H18N2O3. The molecule has 0 saturated carbocycles. The molecule has 5 nitrogen and oxygen atoms in total. The van der Waals surface area contributed by atoms with Crippen LogP contribution in [0.4, 0.5) is 11.4 Å². The molecule has 3 N–H and O–H groups in total. The fraction of sp³-hybridized carbons (Fsp3) is 0.188. The van der Waals surface area contributed by atoms with E-state index < -0.39 is 5.97 Å². The Morgan fingerprint density at radius 1 is 1.14 bits per heavy atom. The van der Waals surface area contributed by atoms with Gasteiger partial charge in [0.2, 0.25) is 0 Å². The largest absolute Gasteiger partial charge is 0.492 e. The van der Waals surface area contributed by atoms with Crippen LogP contribution in [0.2, 0.25) is 0 Å². The molecule has 21 heavy (non-hydrogen) atoms. The molecule has 0 aliphatic heterocycles. The summed E-state index contributed by atoms with van der Waals surface area (Å²) in [5.41, 5.74) is 7.37. The second kappa shape index (κ2) is 7.19. The van der Waals surface area contributed by atoms with E-state index in [2.05, 4.69) is 10.1 Å². The van der Waals surface area contributed by atoms with Crippen molar-refractivity contribution in [2.24, 2.45) is 0 Å². The third-order valence-electron chi connectivity index (χ3n) is 2.94. The van der Waals surface area contributed by atoms with Gasteiger partial charge in [-0.2, -0.15) is 0 Å². The van der Waals surface area contributed by atoms with E-state index in [1.54, 1.807) is 12.1 Å². The number of hydrogen-bond donors (Lipinski definition) is 2. The van der Waals surface area contributed by atoms with E-state index in [4.69, 9.17) is 10.5 Å². The fourth-order valence-electron chi connectivity index (χ4n) is 1.88. The lowest BCUT2D eigenvalue weighted by Gasteiger charge is -2.12. The maximum absolute atomic E-state index is 11.5. The molecule has 0 aliphatic carbocycles.